The molecule has 0 saturated heterocycles. The molecule has 5 aromatic carbocycles. The first-order valence-electron chi connectivity index (χ1n) is 15.9. The molecule has 0 heterocycles. The summed E-state index contributed by atoms with van der Waals surface area (Å²) in [6.45, 7) is 10.5. The van der Waals surface area contributed by atoms with Gasteiger partial charge in [0.15, 0.2) is 11.6 Å². The van der Waals surface area contributed by atoms with Crippen molar-refractivity contribution in [2.24, 2.45) is 11.8 Å². The second-order valence-corrected chi connectivity index (χ2v) is 11.9. The smallest absolute Gasteiger partial charge is 0.196 e. The van der Waals surface area contributed by atoms with E-state index in [1.165, 1.54) is 0 Å². The SMILES string of the molecule is CC(C)COCC(C)C.O=C(c1ccccc1)c1ccccc1.O=C(c1ccccc1Cc1ccccc1)C(O)c1ccccc1. The van der Waals surface area contributed by atoms with Crippen LogP contribution in [0.25, 0.3) is 0 Å². The van der Waals surface area contributed by atoms with E-state index in [9.17, 15) is 14.7 Å². The maximum atomic E-state index is 12.7. The van der Waals surface area contributed by atoms with Gasteiger partial charge < -0.3 is 9.84 Å². The molecule has 0 saturated carbocycles. The Labute approximate surface area is 274 Å². The molecule has 46 heavy (non-hydrogen) atoms. The lowest BCUT2D eigenvalue weighted by atomic mass is 9.93. The summed E-state index contributed by atoms with van der Waals surface area (Å²) >= 11 is 0. The molecule has 0 fully saturated rings. The van der Waals surface area contributed by atoms with E-state index < -0.39 is 6.10 Å². The van der Waals surface area contributed by atoms with Crippen LogP contribution in [0.4, 0.5) is 0 Å². The zero-order valence-electron chi connectivity index (χ0n) is 27.4. The molecule has 0 aliphatic heterocycles. The lowest BCUT2D eigenvalue weighted by Crippen LogP contribution is -2.14. The molecule has 0 aromatic heterocycles. The number of ketones is 2. The second kappa shape index (κ2) is 19.7. The fourth-order valence-electron chi connectivity index (χ4n) is 4.55. The van der Waals surface area contributed by atoms with E-state index in [0.29, 0.717) is 29.4 Å². The van der Waals surface area contributed by atoms with Crippen molar-refractivity contribution < 1.29 is 19.4 Å². The molecule has 0 bridgehead atoms. The van der Waals surface area contributed by atoms with E-state index in [2.05, 4.69) is 27.7 Å². The molecule has 4 nitrogen and oxygen atoms in total. The second-order valence-electron chi connectivity index (χ2n) is 11.9. The molecule has 0 amide bonds. The third-order valence-corrected chi connectivity index (χ3v) is 6.86. The Morgan fingerprint density at radius 3 is 1.46 bits per heavy atom. The Balaban J connectivity index is 0.000000213. The van der Waals surface area contributed by atoms with Crippen molar-refractivity contribution in [2.75, 3.05) is 13.2 Å². The van der Waals surface area contributed by atoms with Crippen LogP contribution in [0.5, 0.6) is 0 Å². The minimum Gasteiger partial charge on any atom is -0.381 e. The molecule has 1 unspecified atom stereocenters. The van der Waals surface area contributed by atoms with Gasteiger partial charge in [0, 0.05) is 29.9 Å². The minimum absolute atomic E-state index is 0.0752. The Kier molecular flexibility index (Phi) is 15.3. The molecule has 5 rings (SSSR count). The van der Waals surface area contributed by atoms with Crippen LogP contribution in [-0.4, -0.2) is 29.9 Å². The third-order valence-electron chi connectivity index (χ3n) is 6.86. The number of hydrogen-bond acceptors (Lipinski definition) is 4. The number of rotatable bonds is 11. The summed E-state index contributed by atoms with van der Waals surface area (Å²) in [5, 5.41) is 10.4. The Bertz CT molecular complexity index is 1510. The lowest BCUT2D eigenvalue weighted by Gasteiger charge is -2.13. The average molecular weight is 615 g/mol. The average Bonchev–Trinajstić information content (AvgIpc) is 3.09. The highest BCUT2D eigenvalue weighted by atomic mass is 16.5. The molecule has 1 atom stereocenters. The fourth-order valence-corrected chi connectivity index (χ4v) is 4.55. The van der Waals surface area contributed by atoms with E-state index in [1.54, 1.807) is 18.2 Å². The van der Waals surface area contributed by atoms with Crippen molar-refractivity contribution in [1.82, 2.24) is 0 Å². The molecule has 4 heteroatoms. The highest BCUT2D eigenvalue weighted by molar-refractivity contribution is 6.08. The van der Waals surface area contributed by atoms with Crippen molar-refractivity contribution in [3.8, 4) is 0 Å². The maximum absolute atomic E-state index is 12.7. The molecule has 0 radical (unpaired) electrons. The molecule has 238 valence electrons. The van der Waals surface area contributed by atoms with Gasteiger partial charge in [0.2, 0.25) is 0 Å². The van der Waals surface area contributed by atoms with E-state index in [4.69, 9.17) is 4.74 Å². The van der Waals surface area contributed by atoms with Gasteiger partial charge in [-0.1, -0.05) is 173 Å². The number of Topliss-reactive ketones (excluding diaryl/α,β-unsaturated/α-hetero) is 1. The number of aliphatic hydroxyl groups is 1. The zero-order chi connectivity index (χ0) is 33.1. The largest absolute Gasteiger partial charge is 0.381 e. The number of ether oxygens (including phenoxy) is 1. The molecular formula is C42H46O4. The van der Waals surface area contributed by atoms with Crippen LogP contribution in [0, 0.1) is 11.8 Å². The van der Waals surface area contributed by atoms with E-state index in [-0.39, 0.29) is 11.6 Å². The Hall–Kier alpha value is -4.64. The summed E-state index contributed by atoms with van der Waals surface area (Å²) in [5.74, 6) is 1.15. The van der Waals surface area contributed by atoms with Gasteiger partial charge in [0.25, 0.3) is 0 Å². The third kappa shape index (κ3) is 12.4. The van der Waals surface area contributed by atoms with Gasteiger partial charge in [-0.2, -0.15) is 0 Å². The first-order chi connectivity index (χ1) is 22.3. The normalized spacial score (nSPS) is 11.1. The Morgan fingerprint density at radius 2 is 0.978 bits per heavy atom. The van der Waals surface area contributed by atoms with Crippen LogP contribution in [0.1, 0.15) is 76.8 Å². The predicted molar refractivity (Wildman–Crippen MR) is 188 cm³/mol. The van der Waals surface area contributed by atoms with Gasteiger partial charge in [-0.15, -0.1) is 0 Å². The predicted octanol–water partition coefficient (Wildman–Crippen LogP) is 9.43. The number of benzene rings is 5. The van der Waals surface area contributed by atoms with Gasteiger partial charge in [-0.05, 0) is 34.9 Å². The minimum atomic E-state index is -1.13. The quantitative estimate of drug-likeness (QED) is 0.151. The first-order valence-corrected chi connectivity index (χ1v) is 15.9. The molecule has 0 spiro atoms. The molecular weight excluding hydrogens is 568 g/mol. The van der Waals surface area contributed by atoms with Crippen LogP contribution in [-0.2, 0) is 11.2 Å². The highest BCUT2D eigenvalue weighted by Gasteiger charge is 2.21. The van der Waals surface area contributed by atoms with Crippen LogP contribution in [0.3, 0.4) is 0 Å². The van der Waals surface area contributed by atoms with Gasteiger partial charge in [0.1, 0.15) is 6.10 Å². The van der Waals surface area contributed by atoms with Gasteiger partial charge >= 0.3 is 0 Å². The van der Waals surface area contributed by atoms with Crippen LogP contribution in [0.15, 0.2) is 146 Å². The highest BCUT2D eigenvalue weighted by Crippen LogP contribution is 2.22. The summed E-state index contributed by atoms with van der Waals surface area (Å²) < 4.78 is 5.36. The summed E-state index contributed by atoms with van der Waals surface area (Å²) in [5.41, 5.74) is 4.73. The summed E-state index contributed by atoms with van der Waals surface area (Å²) in [7, 11) is 0. The summed E-state index contributed by atoms with van der Waals surface area (Å²) in [4.78, 5) is 24.6. The number of carbonyl (C=O) groups excluding carboxylic acids is 2. The summed E-state index contributed by atoms with van der Waals surface area (Å²) in [6.07, 6.45) is -0.460. The van der Waals surface area contributed by atoms with Crippen LogP contribution >= 0.6 is 0 Å². The monoisotopic (exact) mass is 614 g/mol. The van der Waals surface area contributed by atoms with Crippen LogP contribution in [0.2, 0.25) is 0 Å². The topological polar surface area (TPSA) is 63.6 Å². The van der Waals surface area contributed by atoms with E-state index in [1.807, 2.05) is 127 Å². The van der Waals surface area contributed by atoms with E-state index >= 15 is 0 Å². The van der Waals surface area contributed by atoms with Crippen molar-refractivity contribution in [1.29, 1.82) is 0 Å². The zero-order valence-corrected chi connectivity index (χ0v) is 27.4. The van der Waals surface area contributed by atoms with Gasteiger partial charge in [-0.3, -0.25) is 9.59 Å². The van der Waals surface area contributed by atoms with Crippen LogP contribution < -0.4 is 0 Å². The number of carbonyl (C=O) groups is 2. The number of hydrogen-bond donors (Lipinski definition) is 1. The maximum Gasteiger partial charge on any atom is 0.196 e. The van der Waals surface area contributed by atoms with Crippen molar-refractivity contribution in [3.05, 3.63) is 179 Å². The van der Waals surface area contributed by atoms with Crippen molar-refractivity contribution in [3.63, 3.8) is 0 Å². The molecule has 1 N–H and O–H groups in total. The summed E-state index contributed by atoms with van der Waals surface area (Å²) in [6, 6.07) is 45.1. The van der Waals surface area contributed by atoms with Crippen molar-refractivity contribution >= 4 is 11.6 Å². The standard InChI is InChI=1S/C21H18O2.C13H10O.C8H18O/c22-20(17-11-5-2-6-12-17)21(23)19-14-8-7-13-18(19)15-16-9-3-1-4-10-16;14-13(11-7-3-1-4-8-11)12-9-5-2-6-10-12;1-7(2)5-9-6-8(3)4/h1-14,20,22H,15H2;1-10H;7-8H,5-6H2,1-4H3. The molecule has 5 aromatic rings. The van der Waals surface area contributed by atoms with Gasteiger partial charge in [-0.25, -0.2) is 0 Å². The fraction of sp³-hybridized carbons (Fsp3) is 0.238. The first kappa shape index (κ1) is 35.8. The van der Waals surface area contributed by atoms with Gasteiger partial charge in [0.05, 0.1) is 0 Å². The number of aliphatic hydroxyl groups excluding tert-OH is 1. The lowest BCUT2D eigenvalue weighted by molar-refractivity contribution is 0.0746. The molecule has 0 aliphatic rings. The molecule has 0 aliphatic carbocycles. The van der Waals surface area contributed by atoms with E-state index in [0.717, 1.165) is 35.5 Å². The Morgan fingerprint density at radius 1 is 0.565 bits per heavy atom. The van der Waals surface area contributed by atoms with Crippen molar-refractivity contribution in [2.45, 2.75) is 40.2 Å².